The monoisotopic (exact) mass is 309 g/mol. The van der Waals surface area contributed by atoms with Crippen molar-refractivity contribution in [3.05, 3.63) is 46.6 Å². The Hall–Kier alpha value is -1.10. The summed E-state index contributed by atoms with van der Waals surface area (Å²) in [7, 11) is 0. The van der Waals surface area contributed by atoms with Crippen LogP contribution in [0.15, 0.2) is 45.3 Å². The van der Waals surface area contributed by atoms with E-state index in [-0.39, 0.29) is 6.10 Å². The van der Waals surface area contributed by atoms with Gasteiger partial charge in [-0.1, -0.05) is 28.1 Å². The molecule has 0 bridgehead atoms. The van der Waals surface area contributed by atoms with Crippen molar-refractivity contribution >= 4 is 15.9 Å². The predicted molar refractivity (Wildman–Crippen MR) is 75.2 cm³/mol. The van der Waals surface area contributed by atoms with E-state index >= 15 is 0 Å². The second kappa shape index (κ2) is 6.18. The van der Waals surface area contributed by atoms with Gasteiger partial charge in [0.15, 0.2) is 0 Å². The number of halogens is 1. The Morgan fingerprint density at radius 3 is 2.61 bits per heavy atom. The highest BCUT2D eigenvalue weighted by atomic mass is 79.9. The minimum Gasteiger partial charge on any atom is -0.460 e. The number of furan rings is 1. The molecule has 2 rings (SSSR count). The SMILES string of the molecule is C[C@@H](O)CNCc1ccc(-c2ccc(Br)cc2)o1. The maximum atomic E-state index is 9.14. The van der Waals surface area contributed by atoms with E-state index in [9.17, 15) is 0 Å². The maximum absolute atomic E-state index is 9.14. The molecule has 0 saturated carbocycles. The summed E-state index contributed by atoms with van der Waals surface area (Å²) in [5.41, 5.74) is 1.06. The predicted octanol–water partition coefficient (Wildman–Crippen LogP) is 3.18. The lowest BCUT2D eigenvalue weighted by molar-refractivity contribution is 0.190. The van der Waals surface area contributed by atoms with Crippen molar-refractivity contribution in [3.8, 4) is 11.3 Å². The van der Waals surface area contributed by atoms with Gasteiger partial charge in [0.05, 0.1) is 12.6 Å². The summed E-state index contributed by atoms with van der Waals surface area (Å²) in [6.07, 6.45) is -0.342. The minimum absolute atomic E-state index is 0.342. The third kappa shape index (κ3) is 3.70. The molecule has 18 heavy (non-hydrogen) atoms. The average Bonchev–Trinajstić information content (AvgIpc) is 2.78. The van der Waals surface area contributed by atoms with Gasteiger partial charge in [-0.05, 0) is 31.2 Å². The fraction of sp³-hybridized carbons (Fsp3) is 0.286. The van der Waals surface area contributed by atoms with E-state index in [4.69, 9.17) is 9.52 Å². The summed E-state index contributed by atoms with van der Waals surface area (Å²) >= 11 is 3.41. The molecule has 0 unspecified atom stereocenters. The summed E-state index contributed by atoms with van der Waals surface area (Å²) in [6.45, 7) is 2.94. The second-order valence-electron chi connectivity index (χ2n) is 4.25. The van der Waals surface area contributed by atoms with E-state index in [1.807, 2.05) is 36.4 Å². The van der Waals surface area contributed by atoms with Crippen LogP contribution in [0.1, 0.15) is 12.7 Å². The van der Waals surface area contributed by atoms with Gasteiger partial charge >= 0.3 is 0 Å². The Labute approximate surface area is 115 Å². The molecule has 0 radical (unpaired) electrons. The topological polar surface area (TPSA) is 45.4 Å². The minimum atomic E-state index is -0.342. The van der Waals surface area contributed by atoms with Gasteiger partial charge < -0.3 is 14.8 Å². The smallest absolute Gasteiger partial charge is 0.134 e. The van der Waals surface area contributed by atoms with E-state index < -0.39 is 0 Å². The molecule has 0 aliphatic carbocycles. The Balaban J connectivity index is 1.99. The van der Waals surface area contributed by atoms with Crippen molar-refractivity contribution in [1.82, 2.24) is 5.32 Å². The molecule has 0 spiro atoms. The largest absolute Gasteiger partial charge is 0.460 e. The van der Waals surface area contributed by atoms with Gasteiger partial charge in [-0.25, -0.2) is 0 Å². The van der Waals surface area contributed by atoms with Crippen LogP contribution in [-0.4, -0.2) is 17.8 Å². The van der Waals surface area contributed by atoms with Gasteiger partial charge in [0, 0.05) is 16.6 Å². The molecule has 0 fully saturated rings. The average molecular weight is 310 g/mol. The van der Waals surface area contributed by atoms with Gasteiger partial charge in [0.2, 0.25) is 0 Å². The highest BCUT2D eigenvalue weighted by Crippen LogP contribution is 2.23. The van der Waals surface area contributed by atoms with Crippen molar-refractivity contribution in [2.24, 2.45) is 0 Å². The third-order valence-corrected chi connectivity index (χ3v) is 3.06. The molecule has 0 aliphatic heterocycles. The van der Waals surface area contributed by atoms with Crippen LogP contribution in [0.25, 0.3) is 11.3 Å². The fourth-order valence-corrected chi connectivity index (χ4v) is 1.91. The Morgan fingerprint density at radius 1 is 1.22 bits per heavy atom. The van der Waals surface area contributed by atoms with Gasteiger partial charge in [0.1, 0.15) is 11.5 Å². The highest BCUT2D eigenvalue weighted by Gasteiger charge is 2.04. The lowest BCUT2D eigenvalue weighted by Gasteiger charge is -2.04. The van der Waals surface area contributed by atoms with Crippen molar-refractivity contribution in [2.75, 3.05) is 6.54 Å². The van der Waals surface area contributed by atoms with Crippen LogP contribution in [0.4, 0.5) is 0 Å². The van der Waals surface area contributed by atoms with Gasteiger partial charge in [0.25, 0.3) is 0 Å². The summed E-state index contributed by atoms with van der Waals surface area (Å²) in [5, 5.41) is 12.3. The molecule has 1 aromatic heterocycles. The van der Waals surface area contributed by atoms with Crippen molar-refractivity contribution < 1.29 is 9.52 Å². The van der Waals surface area contributed by atoms with E-state index in [1.54, 1.807) is 6.92 Å². The van der Waals surface area contributed by atoms with Crippen LogP contribution in [0.5, 0.6) is 0 Å². The van der Waals surface area contributed by atoms with Crippen LogP contribution < -0.4 is 5.32 Å². The molecule has 4 heteroatoms. The summed E-state index contributed by atoms with van der Waals surface area (Å²) in [4.78, 5) is 0. The number of aliphatic hydroxyl groups is 1. The van der Waals surface area contributed by atoms with E-state index in [0.717, 1.165) is 21.6 Å². The van der Waals surface area contributed by atoms with E-state index in [0.29, 0.717) is 13.1 Å². The van der Waals surface area contributed by atoms with Crippen LogP contribution in [0.2, 0.25) is 0 Å². The molecule has 2 aromatic rings. The Kier molecular flexibility index (Phi) is 4.58. The first-order valence-electron chi connectivity index (χ1n) is 5.88. The quantitative estimate of drug-likeness (QED) is 0.891. The number of hydrogen-bond donors (Lipinski definition) is 2. The lowest BCUT2D eigenvalue weighted by atomic mass is 10.2. The molecule has 3 nitrogen and oxygen atoms in total. The zero-order valence-electron chi connectivity index (χ0n) is 10.2. The first-order valence-corrected chi connectivity index (χ1v) is 6.68. The highest BCUT2D eigenvalue weighted by molar-refractivity contribution is 9.10. The van der Waals surface area contributed by atoms with Gasteiger partial charge in [-0.2, -0.15) is 0 Å². The molecule has 1 heterocycles. The first kappa shape index (κ1) is 13.3. The molecule has 0 amide bonds. The van der Waals surface area contributed by atoms with Gasteiger partial charge in [-0.15, -0.1) is 0 Å². The Bertz CT molecular complexity index is 491. The molecule has 2 N–H and O–H groups in total. The number of rotatable bonds is 5. The Morgan fingerprint density at radius 2 is 1.94 bits per heavy atom. The maximum Gasteiger partial charge on any atom is 0.134 e. The molecular formula is C14H16BrNO2. The normalized spacial score (nSPS) is 12.6. The van der Waals surface area contributed by atoms with Crippen molar-refractivity contribution in [2.45, 2.75) is 19.6 Å². The zero-order chi connectivity index (χ0) is 13.0. The summed E-state index contributed by atoms with van der Waals surface area (Å²) < 4.78 is 6.78. The third-order valence-electron chi connectivity index (χ3n) is 2.53. The summed E-state index contributed by atoms with van der Waals surface area (Å²) in [5.74, 6) is 1.73. The molecular weight excluding hydrogens is 294 g/mol. The van der Waals surface area contributed by atoms with Crippen LogP contribution >= 0.6 is 15.9 Å². The van der Waals surface area contributed by atoms with Gasteiger partial charge in [-0.3, -0.25) is 0 Å². The van der Waals surface area contributed by atoms with Crippen LogP contribution in [0.3, 0.4) is 0 Å². The zero-order valence-corrected chi connectivity index (χ0v) is 11.8. The number of hydrogen-bond acceptors (Lipinski definition) is 3. The number of benzene rings is 1. The second-order valence-corrected chi connectivity index (χ2v) is 5.17. The molecule has 96 valence electrons. The summed E-state index contributed by atoms with van der Waals surface area (Å²) in [6, 6.07) is 11.9. The number of aliphatic hydroxyl groups excluding tert-OH is 1. The number of nitrogens with one attached hydrogen (secondary N) is 1. The molecule has 1 atom stereocenters. The lowest BCUT2D eigenvalue weighted by Crippen LogP contribution is -2.23. The van der Waals surface area contributed by atoms with Crippen LogP contribution in [0, 0.1) is 0 Å². The van der Waals surface area contributed by atoms with Crippen LogP contribution in [-0.2, 0) is 6.54 Å². The van der Waals surface area contributed by atoms with Crippen molar-refractivity contribution in [1.29, 1.82) is 0 Å². The van der Waals surface area contributed by atoms with E-state index in [1.165, 1.54) is 0 Å². The van der Waals surface area contributed by atoms with E-state index in [2.05, 4.69) is 21.2 Å². The van der Waals surface area contributed by atoms with Crippen molar-refractivity contribution in [3.63, 3.8) is 0 Å². The molecule has 0 aliphatic rings. The standard InChI is InChI=1S/C14H16BrNO2/c1-10(17)8-16-9-13-6-7-14(18-13)11-2-4-12(15)5-3-11/h2-7,10,16-17H,8-9H2,1H3/t10-/m1/s1. The molecule has 1 aromatic carbocycles. The first-order chi connectivity index (χ1) is 8.65. The fourth-order valence-electron chi connectivity index (χ4n) is 1.65. The molecule has 0 saturated heterocycles.